The number of benzene rings is 1. The topological polar surface area (TPSA) is 17.8 Å². The summed E-state index contributed by atoms with van der Waals surface area (Å²) in [4.78, 5) is 0.222. The third-order valence-electron chi connectivity index (χ3n) is 1.85. The second-order valence-corrected chi connectivity index (χ2v) is 4.46. The number of rotatable bonds is 2. The third kappa shape index (κ3) is 1.79. The predicted molar refractivity (Wildman–Crippen MR) is 61.5 cm³/mol. The molecule has 0 saturated carbocycles. The van der Waals surface area contributed by atoms with Crippen molar-refractivity contribution in [3.63, 3.8) is 0 Å². The maximum atomic E-state index is 4.42. The first-order valence-electron chi connectivity index (χ1n) is 3.95. The first-order valence-corrected chi connectivity index (χ1v) is 5.99. The van der Waals surface area contributed by atoms with Crippen LogP contribution in [0.5, 0.6) is 0 Å². The Bertz CT molecular complexity index is 378. The molecule has 68 valence electrons. The Balaban J connectivity index is 2.49. The molecule has 0 fully saturated rings. The van der Waals surface area contributed by atoms with Crippen molar-refractivity contribution in [1.29, 1.82) is 0 Å². The SMILES string of the molecule is BrCC(Br)n1cc2ccccc2n1. The van der Waals surface area contributed by atoms with Crippen molar-refractivity contribution in [3.8, 4) is 0 Å². The molecule has 0 radical (unpaired) electrons. The third-order valence-corrected chi connectivity index (χ3v) is 4.07. The molecule has 0 amide bonds. The normalized spacial score (nSPS) is 13.4. The van der Waals surface area contributed by atoms with Crippen LogP contribution in [0.4, 0.5) is 0 Å². The highest BCUT2D eigenvalue weighted by molar-refractivity contribution is 9.11. The molecule has 1 aromatic carbocycles. The zero-order chi connectivity index (χ0) is 9.26. The highest BCUT2D eigenvalue weighted by Crippen LogP contribution is 2.20. The summed E-state index contributed by atoms with van der Waals surface area (Å²) in [6.07, 6.45) is 2.04. The molecule has 1 heterocycles. The van der Waals surface area contributed by atoms with Crippen molar-refractivity contribution in [1.82, 2.24) is 9.78 Å². The van der Waals surface area contributed by atoms with E-state index in [-0.39, 0.29) is 4.95 Å². The number of fused-ring (bicyclic) bond motifs is 1. The first-order chi connectivity index (χ1) is 6.31. The number of alkyl halides is 2. The lowest BCUT2D eigenvalue weighted by molar-refractivity contribution is 0.670. The maximum Gasteiger partial charge on any atom is 0.116 e. The van der Waals surface area contributed by atoms with Crippen LogP contribution in [0.15, 0.2) is 30.5 Å². The first kappa shape index (κ1) is 9.21. The van der Waals surface area contributed by atoms with Gasteiger partial charge in [-0.1, -0.05) is 50.1 Å². The fourth-order valence-electron chi connectivity index (χ4n) is 1.20. The molecule has 0 aliphatic heterocycles. The largest absolute Gasteiger partial charge is 0.257 e. The van der Waals surface area contributed by atoms with Crippen molar-refractivity contribution in [2.75, 3.05) is 5.33 Å². The van der Waals surface area contributed by atoms with Crippen molar-refractivity contribution >= 4 is 42.8 Å². The second kappa shape index (κ2) is 3.80. The molecular formula is C9H8Br2N2. The van der Waals surface area contributed by atoms with Gasteiger partial charge >= 0.3 is 0 Å². The Labute approximate surface area is 93.2 Å². The summed E-state index contributed by atoms with van der Waals surface area (Å²) in [5.74, 6) is 0. The summed E-state index contributed by atoms with van der Waals surface area (Å²) in [6.45, 7) is 0. The van der Waals surface area contributed by atoms with Gasteiger partial charge in [-0.3, -0.25) is 4.68 Å². The van der Waals surface area contributed by atoms with Crippen LogP contribution < -0.4 is 0 Å². The Hall–Kier alpha value is -0.350. The van der Waals surface area contributed by atoms with Crippen LogP contribution in [0.3, 0.4) is 0 Å². The lowest BCUT2D eigenvalue weighted by Crippen LogP contribution is -2.02. The van der Waals surface area contributed by atoms with Crippen LogP contribution in [0, 0.1) is 0 Å². The van der Waals surface area contributed by atoms with Gasteiger partial charge in [-0.25, -0.2) is 0 Å². The van der Waals surface area contributed by atoms with E-state index in [1.165, 1.54) is 5.39 Å². The number of aromatic nitrogens is 2. The van der Waals surface area contributed by atoms with E-state index in [2.05, 4.69) is 43.0 Å². The predicted octanol–water partition coefficient (Wildman–Crippen LogP) is 3.32. The van der Waals surface area contributed by atoms with Crippen molar-refractivity contribution < 1.29 is 0 Å². The molecule has 1 atom stereocenters. The van der Waals surface area contributed by atoms with Crippen LogP contribution in [-0.2, 0) is 0 Å². The van der Waals surface area contributed by atoms with Gasteiger partial charge < -0.3 is 0 Å². The molecule has 2 aromatic rings. The number of halogens is 2. The van der Waals surface area contributed by atoms with Crippen LogP contribution in [0.2, 0.25) is 0 Å². The minimum absolute atomic E-state index is 0.222. The van der Waals surface area contributed by atoms with Gasteiger partial charge in [0.1, 0.15) is 4.95 Å². The van der Waals surface area contributed by atoms with E-state index in [1.807, 2.05) is 29.1 Å². The summed E-state index contributed by atoms with van der Waals surface area (Å²) in [5, 5.41) is 6.45. The second-order valence-electron chi connectivity index (χ2n) is 2.76. The molecule has 2 rings (SSSR count). The Morgan fingerprint density at radius 3 is 2.85 bits per heavy atom. The number of hydrogen-bond acceptors (Lipinski definition) is 1. The minimum atomic E-state index is 0.222. The standard InChI is InChI=1S/C9H8Br2N2/c10-5-9(11)13-6-7-3-1-2-4-8(7)12-13/h1-4,6,9H,5H2. The monoisotopic (exact) mass is 302 g/mol. The maximum absolute atomic E-state index is 4.42. The molecule has 0 bridgehead atoms. The molecule has 0 aliphatic rings. The average Bonchev–Trinajstić information content (AvgIpc) is 2.59. The highest BCUT2D eigenvalue weighted by Gasteiger charge is 2.06. The quantitative estimate of drug-likeness (QED) is 0.778. The summed E-state index contributed by atoms with van der Waals surface area (Å²) in [7, 11) is 0. The van der Waals surface area contributed by atoms with E-state index >= 15 is 0 Å². The van der Waals surface area contributed by atoms with E-state index in [9.17, 15) is 0 Å². The van der Waals surface area contributed by atoms with Gasteiger partial charge in [0.2, 0.25) is 0 Å². The van der Waals surface area contributed by atoms with Gasteiger partial charge in [-0.15, -0.1) is 0 Å². The highest BCUT2D eigenvalue weighted by atomic mass is 79.9. The molecule has 4 heteroatoms. The van der Waals surface area contributed by atoms with E-state index < -0.39 is 0 Å². The van der Waals surface area contributed by atoms with Gasteiger partial charge in [0.15, 0.2) is 0 Å². The molecule has 1 unspecified atom stereocenters. The van der Waals surface area contributed by atoms with Gasteiger partial charge in [-0.2, -0.15) is 5.10 Å². The molecule has 1 aromatic heterocycles. The molecule has 0 saturated heterocycles. The summed E-state index contributed by atoms with van der Waals surface area (Å²) >= 11 is 6.92. The molecule has 0 spiro atoms. The zero-order valence-electron chi connectivity index (χ0n) is 6.82. The molecule has 0 N–H and O–H groups in total. The minimum Gasteiger partial charge on any atom is -0.257 e. The van der Waals surface area contributed by atoms with Crippen molar-refractivity contribution in [2.24, 2.45) is 0 Å². The lowest BCUT2D eigenvalue weighted by Gasteiger charge is -2.04. The van der Waals surface area contributed by atoms with Gasteiger partial charge in [0.25, 0.3) is 0 Å². The molecule has 13 heavy (non-hydrogen) atoms. The number of nitrogens with zero attached hydrogens (tertiary/aromatic N) is 2. The molecule has 0 aliphatic carbocycles. The zero-order valence-corrected chi connectivity index (χ0v) is 9.99. The number of hydrogen-bond donors (Lipinski definition) is 0. The summed E-state index contributed by atoms with van der Waals surface area (Å²) in [5.41, 5.74) is 1.04. The van der Waals surface area contributed by atoms with E-state index in [0.29, 0.717) is 0 Å². The van der Waals surface area contributed by atoms with Gasteiger partial charge in [0.05, 0.1) is 5.52 Å². The average molecular weight is 304 g/mol. The smallest absolute Gasteiger partial charge is 0.116 e. The summed E-state index contributed by atoms with van der Waals surface area (Å²) in [6, 6.07) is 8.09. The molecule has 2 nitrogen and oxygen atoms in total. The summed E-state index contributed by atoms with van der Waals surface area (Å²) < 4.78 is 1.92. The fourth-order valence-corrected chi connectivity index (χ4v) is 1.70. The van der Waals surface area contributed by atoms with Crippen LogP contribution in [-0.4, -0.2) is 15.1 Å². The Morgan fingerprint density at radius 2 is 2.15 bits per heavy atom. The van der Waals surface area contributed by atoms with E-state index in [4.69, 9.17) is 0 Å². The van der Waals surface area contributed by atoms with Crippen LogP contribution in [0.1, 0.15) is 4.95 Å². The van der Waals surface area contributed by atoms with Crippen LogP contribution >= 0.6 is 31.9 Å². The van der Waals surface area contributed by atoms with E-state index in [1.54, 1.807) is 0 Å². The Kier molecular flexibility index (Phi) is 2.69. The Morgan fingerprint density at radius 1 is 1.38 bits per heavy atom. The van der Waals surface area contributed by atoms with Crippen LogP contribution in [0.25, 0.3) is 10.9 Å². The van der Waals surface area contributed by atoms with Gasteiger partial charge in [0, 0.05) is 16.9 Å². The lowest BCUT2D eigenvalue weighted by atomic mass is 10.3. The fraction of sp³-hybridized carbons (Fsp3) is 0.222. The molecular weight excluding hydrogens is 296 g/mol. The van der Waals surface area contributed by atoms with Gasteiger partial charge in [-0.05, 0) is 6.07 Å². The van der Waals surface area contributed by atoms with E-state index in [0.717, 1.165) is 10.8 Å². The van der Waals surface area contributed by atoms with Crippen molar-refractivity contribution in [3.05, 3.63) is 30.5 Å². The van der Waals surface area contributed by atoms with Crippen molar-refractivity contribution in [2.45, 2.75) is 4.95 Å².